The van der Waals surface area contributed by atoms with Gasteiger partial charge in [-0.05, 0) is 11.8 Å². The summed E-state index contributed by atoms with van der Waals surface area (Å²) in [5.74, 6) is -2.31. The highest BCUT2D eigenvalue weighted by Gasteiger charge is 2.65. The second-order valence-corrected chi connectivity index (χ2v) is 4.67. The van der Waals surface area contributed by atoms with Gasteiger partial charge in [0.05, 0.1) is 0 Å². The summed E-state index contributed by atoms with van der Waals surface area (Å²) in [7, 11) is 0. The highest BCUT2D eigenvalue weighted by Crippen LogP contribution is 2.63. The van der Waals surface area contributed by atoms with Crippen LogP contribution in [0.25, 0.3) is 0 Å². The Bertz CT molecular complexity index is 233. The highest BCUT2D eigenvalue weighted by molar-refractivity contribution is 5.86. The van der Waals surface area contributed by atoms with Gasteiger partial charge in [0.15, 0.2) is 0 Å². The first-order valence-electron chi connectivity index (χ1n) is 4.84. The quantitative estimate of drug-likeness (QED) is 0.650. The fourth-order valence-electron chi connectivity index (χ4n) is 2.58. The van der Waals surface area contributed by atoms with Crippen LogP contribution in [0, 0.1) is 23.7 Å². The zero-order valence-corrected chi connectivity index (χ0v) is 7.89. The molecule has 2 aliphatic rings. The van der Waals surface area contributed by atoms with Gasteiger partial charge in [-0.25, -0.2) is 8.78 Å². The molecule has 2 rings (SSSR count). The van der Waals surface area contributed by atoms with Gasteiger partial charge in [0.2, 0.25) is 5.92 Å². The summed E-state index contributed by atoms with van der Waals surface area (Å²) in [6, 6.07) is 0. The predicted molar refractivity (Wildman–Crippen MR) is 44.5 cm³/mol. The first-order valence-corrected chi connectivity index (χ1v) is 4.84. The van der Waals surface area contributed by atoms with Crippen molar-refractivity contribution in [2.24, 2.45) is 23.7 Å². The van der Waals surface area contributed by atoms with Crippen LogP contribution in [0.4, 0.5) is 8.78 Å². The summed E-state index contributed by atoms with van der Waals surface area (Å²) in [6.45, 7) is 3.68. The van der Waals surface area contributed by atoms with Crippen LogP contribution in [0.5, 0.6) is 0 Å². The monoisotopic (exact) mass is 188 g/mol. The van der Waals surface area contributed by atoms with Gasteiger partial charge < -0.3 is 0 Å². The molecule has 0 aromatic heterocycles. The van der Waals surface area contributed by atoms with Crippen LogP contribution in [-0.2, 0) is 4.79 Å². The summed E-state index contributed by atoms with van der Waals surface area (Å²) in [4.78, 5) is 11.5. The fraction of sp³-hybridized carbons (Fsp3) is 0.900. The molecule has 1 nitrogen and oxygen atoms in total. The Morgan fingerprint density at radius 2 is 1.77 bits per heavy atom. The summed E-state index contributed by atoms with van der Waals surface area (Å²) >= 11 is 0. The van der Waals surface area contributed by atoms with Gasteiger partial charge in [0, 0.05) is 24.7 Å². The number of Topliss-reactive ketones (excluding diaryl/α,β-unsaturated/α-hetero) is 1. The molecule has 0 spiro atoms. The highest BCUT2D eigenvalue weighted by atomic mass is 19.3. The molecule has 0 amide bonds. The van der Waals surface area contributed by atoms with E-state index in [1.54, 1.807) is 0 Å². The lowest BCUT2D eigenvalue weighted by Crippen LogP contribution is -2.20. The normalized spacial score (nSPS) is 40.5. The molecule has 0 aliphatic heterocycles. The Kier molecular flexibility index (Phi) is 1.76. The van der Waals surface area contributed by atoms with E-state index in [0.29, 0.717) is 0 Å². The number of alkyl halides is 2. The molecule has 2 atom stereocenters. The van der Waals surface area contributed by atoms with E-state index in [-0.39, 0.29) is 42.3 Å². The van der Waals surface area contributed by atoms with Crippen LogP contribution >= 0.6 is 0 Å². The third-order valence-corrected chi connectivity index (χ3v) is 3.30. The number of hydrogen-bond donors (Lipinski definition) is 0. The van der Waals surface area contributed by atoms with Gasteiger partial charge in [-0.15, -0.1) is 0 Å². The van der Waals surface area contributed by atoms with Gasteiger partial charge in [-0.1, -0.05) is 13.8 Å². The maximum atomic E-state index is 12.8. The minimum Gasteiger partial charge on any atom is -0.299 e. The van der Waals surface area contributed by atoms with Gasteiger partial charge in [0.1, 0.15) is 5.78 Å². The maximum absolute atomic E-state index is 12.8. The zero-order valence-electron chi connectivity index (χ0n) is 7.89. The summed E-state index contributed by atoms with van der Waals surface area (Å²) in [6.07, 6.45) is -0.110. The molecular formula is C10H14F2O. The molecule has 0 radical (unpaired) electrons. The van der Waals surface area contributed by atoms with Crippen LogP contribution < -0.4 is 0 Å². The molecule has 2 fully saturated rings. The first kappa shape index (κ1) is 9.10. The SMILES string of the molecule is CC(C)C(=O)C1C2CC(F)(F)CC21. The molecule has 2 aliphatic carbocycles. The number of rotatable bonds is 2. The summed E-state index contributed by atoms with van der Waals surface area (Å²) in [5, 5.41) is 0. The minimum absolute atomic E-state index is 0.00391. The fourth-order valence-corrected chi connectivity index (χ4v) is 2.58. The standard InChI is InChI=1S/C10H14F2O/c1-5(2)9(13)8-6-3-10(11,12)4-7(6)8/h5-8H,3-4H2,1-2H3. The average Bonchev–Trinajstić information content (AvgIpc) is 2.48. The zero-order chi connectivity index (χ0) is 9.80. The van der Waals surface area contributed by atoms with Gasteiger partial charge >= 0.3 is 0 Å². The van der Waals surface area contributed by atoms with Crippen LogP contribution in [0.15, 0.2) is 0 Å². The van der Waals surface area contributed by atoms with Gasteiger partial charge in [0.25, 0.3) is 0 Å². The molecule has 0 aromatic carbocycles. The predicted octanol–water partition coefficient (Wildman–Crippen LogP) is 2.50. The molecule has 0 N–H and O–H groups in total. The molecule has 0 aromatic rings. The second kappa shape index (κ2) is 2.52. The average molecular weight is 188 g/mol. The Morgan fingerprint density at radius 1 is 1.31 bits per heavy atom. The smallest absolute Gasteiger partial charge is 0.248 e. The van der Waals surface area contributed by atoms with Crippen LogP contribution in [0.3, 0.4) is 0 Å². The van der Waals surface area contributed by atoms with E-state index >= 15 is 0 Å². The minimum atomic E-state index is -2.48. The van der Waals surface area contributed by atoms with E-state index in [2.05, 4.69) is 0 Å². The van der Waals surface area contributed by atoms with E-state index in [0.717, 1.165) is 0 Å². The van der Waals surface area contributed by atoms with Crippen molar-refractivity contribution in [3.63, 3.8) is 0 Å². The van der Waals surface area contributed by atoms with Gasteiger partial charge in [-0.2, -0.15) is 0 Å². The molecule has 0 saturated heterocycles. The van der Waals surface area contributed by atoms with Crippen molar-refractivity contribution >= 4 is 5.78 Å². The van der Waals surface area contributed by atoms with E-state index in [1.165, 1.54) is 0 Å². The van der Waals surface area contributed by atoms with Crippen molar-refractivity contribution in [2.45, 2.75) is 32.6 Å². The first-order chi connectivity index (χ1) is 5.92. The number of halogens is 2. The van der Waals surface area contributed by atoms with Crippen LogP contribution in [0.2, 0.25) is 0 Å². The molecule has 3 heteroatoms. The molecular weight excluding hydrogens is 174 g/mol. The maximum Gasteiger partial charge on any atom is 0.248 e. The number of ketones is 1. The third-order valence-electron chi connectivity index (χ3n) is 3.30. The van der Waals surface area contributed by atoms with Crippen molar-refractivity contribution in [3.05, 3.63) is 0 Å². The molecule has 0 bridgehead atoms. The van der Waals surface area contributed by atoms with Crippen LogP contribution in [0.1, 0.15) is 26.7 Å². The van der Waals surface area contributed by atoms with E-state index in [4.69, 9.17) is 0 Å². The van der Waals surface area contributed by atoms with Crippen molar-refractivity contribution in [1.29, 1.82) is 0 Å². The molecule has 2 unspecified atom stereocenters. The lowest BCUT2D eigenvalue weighted by Gasteiger charge is -2.13. The third kappa shape index (κ3) is 1.38. The van der Waals surface area contributed by atoms with Crippen molar-refractivity contribution in [1.82, 2.24) is 0 Å². The van der Waals surface area contributed by atoms with Crippen molar-refractivity contribution < 1.29 is 13.6 Å². The number of carbonyl (C=O) groups is 1. The van der Waals surface area contributed by atoms with E-state index in [9.17, 15) is 13.6 Å². The lowest BCUT2D eigenvalue weighted by molar-refractivity contribution is -0.124. The second-order valence-electron chi connectivity index (χ2n) is 4.67. The number of fused-ring (bicyclic) bond motifs is 1. The molecule has 74 valence electrons. The molecule has 13 heavy (non-hydrogen) atoms. The van der Waals surface area contributed by atoms with E-state index in [1.807, 2.05) is 13.8 Å². The largest absolute Gasteiger partial charge is 0.299 e. The van der Waals surface area contributed by atoms with E-state index < -0.39 is 5.92 Å². The Hall–Kier alpha value is -0.470. The van der Waals surface area contributed by atoms with Gasteiger partial charge in [-0.3, -0.25) is 4.79 Å². The number of hydrogen-bond acceptors (Lipinski definition) is 1. The molecule has 0 heterocycles. The Balaban J connectivity index is 1.96. The topological polar surface area (TPSA) is 17.1 Å². The molecule has 2 saturated carbocycles. The Morgan fingerprint density at radius 3 is 2.15 bits per heavy atom. The lowest BCUT2D eigenvalue weighted by atomic mass is 9.98. The van der Waals surface area contributed by atoms with Crippen molar-refractivity contribution in [3.8, 4) is 0 Å². The van der Waals surface area contributed by atoms with Crippen molar-refractivity contribution in [2.75, 3.05) is 0 Å². The number of carbonyl (C=O) groups excluding carboxylic acids is 1. The summed E-state index contributed by atoms with van der Waals surface area (Å²) < 4.78 is 25.5. The summed E-state index contributed by atoms with van der Waals surface area (Å²) in [5.41, 5.74) is 0. The Labute approximate surface area is 76.5 Å². The van der Waals surface area contributed by atoms with Crippen LogP contribution in [-0.4, -0.2) is 11.7 Å².